The molecule has 0 saturated carbocycles. The average Bonchev–Trinajstić information content (AvgIpc) is 2.01. The number of rotatable bonds is 2. The van der Waals surface area contributed by atoms with E-state index < -0.39 is 9.05 Å². The van der Waals surface area contributed by atoms with Crippen molar-refractivity contribution in [3.05, 3.63) is 17.8 Å². The molecule has 0 aromatic carbocycles. The van der Waals surface area contributed by atoms with Crippen molar-refractivity contribution in [1.29, 1.82) is 0 Å². The van der Waals surface area contributed by atoms with Gasteiger partial charge in [-0.05, 0) is 18.6 Å². The molecule has 13 heavy (non-hydrogen) atoms. The Bertz CT molecular complexity index is 416. The summed E-state index contributed by atoms with van der Waals surface area (Å²) in [7, 11) is 2.66. The van der Waals surface area contributed by atoms with Gasteiger partial charge in [0.2, 0.25) is 5.03 Å². The number of nitrogens with zero attached hydrogens (tertiary/aromatic N) is 1. The van der Waals surface area contributed by atoms with E-state index in [9.17, 15) is 8.42 Å². The highest BCUT2D eigenvalue weighted by Crippen LogP contribution is 2.24. The molecular formula is C7H8ClNO3S. The highest BCUT2D eigenvalue weighted by Gasteiger charge is 2.18. The molecule has 0 spiro atoms. The van der Waals surface area contributed by atoms with Gasteiger partial charge in [0.1, 0.15) is 0 Å². The SMILES string of the molecule is COc1cc(C)cnc1S(=O)(=O)Cl. The zero-order valence-electron chi connectivity index (χ0n) is 7.11. The lowest BCUT2D eigenvalue weighted by Gasteiger charge is -2.04. The molecule has 0 N–H and O–H groups in total. The first-order valence-electron chi connectivity index (χ1n) is 3.40. The van der Waals surface area contributed by atoms with Crippen LogP contribution in [0.2, 0.25) is 0 Å². The summed E-state index contributed by atoms with van der Waals surface area (Å²) in [5, 5.41) is -0.248. The summed E-state index contributed by atoms with van der Waals surface area (Å²) in [6, 6.07) is 1.56. The predicted octanol–water partition coefficient (Wildman–Crippen LogP) is 1.33. The zero-order chi connectivity index (χ0) is 10.1. The lowest BCUT2D eigenvalue weighted by molar-refractivity contribution is 0.398. The third-order valence-electron chi connectivity index (χ3n) is 1.41. The second-order valence-corrected chi connectivity index (χ2v) is 4.94. The van der Waals surface area contributed by atoms with E-state index >= 15 is 0 Å². The lowest BCUT2D eigenvalue weighted by atomic mass is 10.3. The van der Waals surface area contributed by atoms with Crippen LogP contribution in [0.3, 0.4) is 0 Å². The number of pyridine rings is 1. The molecule has 6 heteroatoms. The second-order valence-electron chi connectivity index (χ2n) is 2.46. The fraction of sp³-hybridized carbons (Fsp3) is 0.286. The first-order chi connectivity index (χ1) is 5.95. The maximum atomic E-state index is 10.9. The number of aromatic nitrogens is 1. The highest BCUT2D eigenvalue weighted by molar-refractivity contribution is 8.13. The van der Waals surface area contributed by atoms with Gasteiger partial charge in [0.05, 0.1) is 7.11 Å². The van der Waals surface area contributed by atoms with Crippen molar-refractivity contribution < 1.29 is 13.2 Å². The molecule has 1 rings (SSSR count). The van der Waals surface area contributed by atoms with Gasteiger partial charge in [-0.15, -0.1) is 0 Å². The minimum absolute atomic E-state index is 0.162. The lowest BCUT2D eigenvalue weighted by Crippen LogP contribution is -1.99. The van der Waals surface area contributed by atoms with Crippen molar-refractivity contribution in [1.82, 2.24) is 4.98 Å². The molecule has 0 aliphatic rings. The maximum Gasteiger partial charge on any atom is 0.282 e. The van der Waals surface area contributed by atoms with Gasteiger partial charge >= 0.3 is 0 Å². The van der Waals surface area contributed by atoms with Crippen LogP contribution in [-0.2, 0) is 9.05 Å². The molecule has 1 heterocycles. The van der Waals surface area contributed by atoms with E-state index in [-0.39, 0.29) is 10.8 Å². The molecule has 0 aliphatic heterocycles. The van der Waals surface area contributed by atoms with Crippen LogP contribution in [-0.4, -0.2) is 20.5 Å². The Hall–Kier alpha value is -0.810. The molecule has 4 nitrogen and oxygen atoms in total. The number of halogens is 1. The fourth-order valence-corrected chi connectivity index (χ4v) is 1.77. The molecule has 0 radical (unpaired) electrons. The van der Waals surface area contributed by atoms with Gasteiger partial charge in [-0.25, -0.2) is 13.4 Å². The molecule has 72 valence electrons. The summed E-state index contributed by atoms with van der Waals surface area (Å²) in [6.45, 7) is 1.78. The average molecular weight is 222 g/mol. The summed E-state index contributed by atoms with van der Waals surface area (Å²) in [5.41, 5.74) is 0.806. The third kappa shape index (κ3) is 2.32. The Balaban J connectivity index is 3.39. The minimum atomic E-state index is -3.83. The van der Waals surface area contributed by atoms with Crippen LogP contribution in [0.5, 0.6) is 5.75 Å². The fourth-order valence-electron chi connectivity index (χ4n) is 0.859. The van der Waals surface area contributed by atoms with Gasteiger partial charge in [0.25, 0.3) is 9.05 Å². The van der Waals surface area contributed by atoms with Gasteiger partial charge in [-0.1, -0.05) is 0 Å². The normalized spacial score (nSPS) is 11.3. The number of hydrogen-bond donors (Lipinski definition) is 0. The van der Waals surface area contributed by atoms with Gasteiger partial charge in [0.15, 0.2) is 5.75 Å². The van der Waals surface area contributed by atoms with Crippen LogP contribution < -0.4 is 4.74 Å². The van der Waals surface area contributed by atoms with Crippen LogP contribution in [0.25, 0.3) is 0 Å². The van der Waals surface area contributed by atoms with Gasteiger partial charge < -0.3 is 4.74 Å². The van der Waals surface area contributed by atoms with Crippen LogP contribution in [0.4, 0.5) is 0 Å². The van der Waals surface area contributed by atoms with Gasteiger partial charge in [0, 0.05) is 16.9 Å². The van der Waals surface area contributed by atoms with E-state index in [1.165, 1.54) is 13.3 Å². The van der Waals surface area contributed by atoms with Gasteiger partial charge in [-0.2, -0.15) is 0 Å². The summed E-state index contributed by atoms with van der Waals surface area (Å²) in [5.74, 6) is 0.162. The first-order valence-corrected chi connectivity index (χ1v) is 5.71. The molecule has 0 amide bonds. The summed E-state index contributed by atoms with van der Waals surface area (Å²) < 4.78 is 26.7. The zero-order valence-corrected chi connectivity index (χ0v) is 8.69. The highest BCUT2D eigenvalue weighted by atomic mass is 35.7. The standard InChI is InChI=1S/C7H8ClNO3S/c1-5-3-6(12-2)7(9-4-5)13(8,10)11/h3-4H,1-2H3. The van der Waals surface area contributed by atoms with Crippen molar-refractivity contribution in [2.24, 2.45) is 0 Å². The van der Waals surface area contributed by atoms with E-state index in [1.807, 2.05) is 0 Å². The topological polar surface area (TPSA) is 56.3 Å². The minimum Gasteiger partial charge on any atom is -0.494 e. The number of hydrogen-bond acceptors (Lipinski definition) is 4. The van der Waals surface area contributed by atoms with Crippen molar-refractivity contribution in [3.63, 3.8) is 0 Å². The third-order valence-corrected chi connectivity index (χ3v) is 2.61. The van der Waals surface area contributed by atoms with Crippen LogP contribution >= 0.6 is 10.7 Å². The summed E-state index contributed by atoms with van der Waals surface area (Å²) in [6.07, 6.45) is 1.41. The molecule has 0 unspecified atom stereocenters. The van der Waals surface area contributed by atoms with Crippen LogP contribution in [0, 0.1) is 6.92 Å². The molecule has 0 atom stereocenters. The molecule has 0 fully saturated rings. The monoisotopic (exact) mass is 221 g/mol. The number of aryl methyl sites for hydroxylation is 1. The maximum absolute atomic E-state index is 10.9. The Morgan fingerprint density at radius 2 is 2.15 bits per heavy atom. The van der Waals surface area contributed by atoms with Crippen molar-refractivity contribution in [2.45, 2.75) is 11.9 Å². The molecule has 0 bridgehead atoms. The second kappa shape index (κ2) is 3.51. The number of methoxy groups -OCH3 is 1. The first kappa shape index (κ1) is 10.3. The van der Waals surface area contributed by atoms with E-state index in [2.05, 4.69) is 4.98 Å². The predicted molar refractivity (Wildman–Crippen MR) is 48.6 cm³/mol. The quantitative estimate of drug-likeness (QED) is 0.707. The van der Waals surface area contributed by atoms with Crippen molar-refractivity contribution in [3.8, 4) is 5.75 Å². The van der Waals surface area contributed by atoms with E-state index in [0.29, 0.717) is 0 Å². The Kier molecular flexibility index (Phi) is 2.77. The van der Waals surface area contributed by atoms with Crippen molar-refractivity contribution >= 4 is 19.7 Å². The molecule has 1 aromatic rings. The van der Waals surface area contributed by atoms with Crippen LogP contribution in [0.1, 0.15) is 5.56 Å². The van der Waals surface area contributed by atoms with Crippen LogP contribution in [0.15, 0.2) is 17.3 Å². The van der Waals surface area contributed by atoms with Crippen molar-refractivity contribution in [2.75, 3.05) is 7.11 Å². The molecule has 1 aromatic heterocycles. The molecular weight excluding hydrogens is 214 g/mol. The van der Waals surface area contributed by atoms with E-state index in [0.717, 1.165) is 5.56 Å². The largest absolute Gasteiger partial charge is 0.494 e. The molecule has 0 aliphatic carbocycles. The Morgan fingerprint density at radius 1 is 1.54 bits per heavy atom. The van der Waals surface area contributed by atoms with E-state index in [4.69, 9.17) is 15.4 Å². The van der Waals surface area contributed by atoms with Gasteiger partial charge in [-0.3, -0.25) is 0 Å². The Morgan fingerprint density at radius 3 is 2.62 bits per heavy atom. The Labute approximate surface area is 80.9 Å². The summed E-state index contributed by atoms with van der Waals surface area (Å²) >= 11 is 0. The number of ether oxygens (including phenoxy) is 1. The molecule has 0 saturated heterocycles. The smallest absolute Gasteiger partial charge is 0.282 e. The summed E-state index contributed by atoms with van der Waals surface area (Å²) in [4.78, 5) is 3.68. The van der Waals surface area contributed by atoms with E-state index in [1.54, 1.807) is 13.0 Å².